The number of nitrogens with one attached hydrogen (secondary N) is 1. The monoisotopic (exact) mass is 496 g/mol. The smallest absolute Gasteiger partial charge is 0.253 e. The van der Waals surface area contributed by atoms with Crippen LogP contribution >= 0.6 is 0 Å². The Morgan fingerprint density at radius 2 is 2.08 bits per heavy atom. The van der Waals surface area contributed by atoms with Gasteiger partial charge in [-0.25, -0.2) is 0 Å². The van der Waals surface area contributed by atoms with E-state index in [-0.39, 0.29) is 34.9 Å². The Morgan fingerprint density at radius 1 is 1.28 bits per heavy atom. The first-order chi connectivity index (χ1) is 17.3. The van der Waals surface area contributed by atoms with E-state index in [0.717, 1.165) is 41.6 Å². The topological polar surface area (TPSA) is 130 Å². The molecule has 5 N–H and O–H groups in total. The zero-order valence-corrected chi connectivity index (χ0v) is 21.1. The molecule has 0 bridgehead atoms. The van der Waals surface area contributed by atoms with Crippen molar-refractivity contribution in [3.05, 3.63) is 35.5 Å². The second-order valence-corrected chi connectivity index (χ2v) is 11.1. The van der Waals surface area contributed by atoms with Crippen molar-refractivity contribution < 1.29 is 24.5 Å². The molecule has 9 heteroatoms. The van der Waals surface area contributed by atoms with E-state index >= 15 is 0 Å². The Balaban J connectivity index is 1.37. The number of hydrogen-bond donors (Lipinski definition) is 4. The number of nitrogens with zero attached hydrogens (tertiary/aromatic N) is 2. The number of amides is 1. The van der Waals surface area contributed by atoms with E-state index in [1.165, 1.54) is 0 Å². The number of fused-ring (bicyclic) bond motifs is 2. The lowest BCUT2D eigenvalue weighted by Crippen LogP contribution is -2.54. The van der Waals surface area contributed by atoms with Gasteiger partial charge < -0.3 is 30.7 Å². The van der Waals surface area contributed by atoms with E-state index in [2.05, 4.69) is 10.2 Å². The van der Waals surface area contributed by atoms with Crippen molar-refractivity contribution in [2.24, 2.45) is 11.7 Å². The van der Waals surface area contributed by atoms with Gasteiger partial charge in [0.15, 0.2) is 0 Å². The summed E-state index contributed by atoms with van der Waals surface area (Å²) in [5.74, 6) is 0.361. The Morgan fingerprint density at radius 3 is 2.81 bits per heavy atom. The highest BCUT2D eigenvalue weighted by atomic mass is 16.5. The maximum Gasteiger partial charge on any atom is 0.253 e. The first-order valence-corrected chi connectivity index (χ1v) is 13.0. The van der Waals surface area contributed by atoms with Crippen molar-refractivity contribution in [3.63, 3.8) is 0 Å². The standard InChI is InChI=1S/C27H36N4O5/c1-4-18(28)23(33)22(32)17(12-35-2)20-7-8-26-13-27(26)21(11-31(20)26)30-25(34)16-10-14-9-15(36-3)5-6-19(14)29-24(16)27/h5-6,9-10,17-18,20-23,32-33H,4,7-8,11-13,28H2,1-3H3,(H,30,34)/t17-,18-,20+,21+,22-,23+,26?,27-/m1/s1. The summed E-state index contributed by atoms with van der Waals surface area (Å²) in [7, 11) is 3.25. The van der Waals surface area contributed by atoms with Gasteiger partial charge in [0.1, 0.15) is 5.75 Å². The van der Waals surface area contributed by atoms with Gasteiger partial charge in [0.2, 0.25) is 0 Å². The molecule has 3 aliphatic heterocycles. The molecule has 1 aliphatic carbocycles. The van der Waals surface area contributed by atoms with E-state index < -0.39 is 18.2 Å². The predicted molar refractivity (Wildman–Crippen MR) is 134 cm³/mol. The lowest BCUT2D eigenvalue weighted by Gasteiger charge is -2.38. The van der Waals surface area contributed by atoms with E-state index in [1.807, 2.05) is 31.2 Å². The van der Waals surface area contributed by atoms with Crippen LogP contribution in [0.1, 0.15) is 48.7 Å². The van der Waals surface area contributed by atoms with Crippen LogP contribution in [0, 0.1) is 5.92 Å². The summed E-state index contributed by atoms with van der Waals surface area (Å²) in [6.07, 6.45) is 1.34. The van der Waals surface area contributed by atoms with Gasteiger partial charge in [0, 0.05) is 42.6 Å². The number of ether oxygens (including phenoxy) is 2. The first kappa shape index (κ1) is 24.1. The summed E-state index contributed by atoms with van der Waals surface area (Å²) in [5.41, 5.74) is 8.14. The number of aliphatic hydroxyl groups is 2. The molecule has 2 spiro atoms. The third kappa shape index (κ3) is 3.07. The number of pyridine rings is 1. The largest absolute Gasteiger partial charge is 0.497 e. The molecule has 1 aromatic carbocycles. The average Bonchev–Trinajstić information content (AvgIpc) is 3.30. The van der Waals surface area contributed by atoms with E-state index in [4.69, 9.17) is 20.2 Å². The van der Waals surface area contributed by atoms with Crippen molar-refractivity contribution in [1.82, 2.24) is 15.2 Å². The van der Waals surface area contributed by atoms with Crippen molar-refractivity contribution in [1.29, 1.82) is 0 Å². The summed E-state index contributed by atoms with van der Waals surface area (Å²) in [6.45, 7) is 2.93. The Bertz CT molecular complexity index is 1210. The lowest BCUT2D eigenvalue weighted by atomic mass is 9.82. The van der Waals surface area contributed by atoms with Crippen molar-refractivity contribution in [3.8, 4) is 5.75 Å². The van der Waals surface area contributed by atoms with Gasteiger partial charge in [0.05, 0.1) is 54.2 Å². The molecule has 36 heavy (non-hydrogen) atoms. The summed E-state index contributed by atoms with van der Waals surface area (Å²) >= 11 is 0. The second kappa shape index (κ2) is 8.36. The third-order valence-electron chi connectivity index (χ3n) is 9.60. The molecule has 1 amide bonds. The van der Waals surface area contributed by atoms with Gasteiger partial charge in [-0.1, -0.05) is 6.92 Å². The minimum Gasteiger partial charge on any atom is -0.497 e. The predicted octanol–water partition coefficient (Wildman–Crippen LogP) is 0.935. The van der Waals surface area contributed by atoms with Crippen LogP contribution in [0.3, 0.4) is 0 Å². The van der Waals surface area contributed by atoms with Crippen LogP contribution in [0.5, 0.6) is 5.75 Å². The van der Waals surface area contributed by atoms with Gasteiger partial charge in [-0.2, -0.15) is 0 Å². The van der Waals surface area contributed by atoms with Gasteiger partial charge in [-0.15, -0.1) is 0 Å². The molecular weight excluding hydrogens is 460 g/mol. The van der Waals surface area contributed by atoms with E-state index in [9.17, 15) is 15.0 Å². The number of aliphatic hydroxyl groups excluding tert-OH is 2. The summed E-state index contributed by atoms with van der Waals surface area (Å²) in [4.78, 5) is 20.8. The summed E-state index contributed by atoms with van der Waals surface area (Å²) < 4.78 is 10.9. The van der Waals surface area contributed by atoms with Crippen molar-refractivity contribution >= 4 is 16.8 Å². The van der Waals surface area contributed by atoms with Crippen molar-refractivity contribution in [2.75, 3.05) is 27.4 Å². The van der Waals surface area contributed by atoms with Crippen LogP contribution < -0.4 is 15.8 Å². The Labute approximate surface area is 211 Å². The molecule has 0 radical (unpaired) electrons. The second-order valence-electron chi connectivity index (χ2n) is 11.1. The maximum absolute atomic E-state index is 13.2. The van der Waals surface area contributed by atoms with Crippen LogP contribution in [-0.4, -0.2) is 89.2 Å². The molecule has 4 aliphatic rings. The number of nitrogens with two attached hydrogens (primary N) is 1. The number of rotatable bonds is 8. The highest BCUT2D eigenvalue weighted by molar-refractivity contribution is 6.01. The Hall–Kier alpha value is -2.30. The summed E-state index contributed by atoms with van der Waals surface area (Å²) in [6, 6.07) is 7.21. The maximum atomic E-state index is 13.2. The number of aromatic nitrogens is 1. The van der Waals surface area contributed by atoms with Crippen LogP contribution in [0.2, 0.25) is 0 Å². The number of methoxy groups -OCH3 is 2. The average molecular weight is 497 g/mol. The SMILES string of the molecule is CC[C@@H](N)[C@H](O)[C@H](O)[C@H](COC)[C@@H]1CCC23C[C@@]24c2nc5ccc(OC)cc5cc2C(=O)N[C@H]4CN13. The van der Waals surface area contributed by atoms with Crippen LogP contribution in [-0.2, 0) is 10.2 Å². The molecule has 3 fully saturated rings. The first-order valence-electron chi connectivity index (χ1n) is 13.0. The molecule has 1 unspecified atom stereocenters. The molecule has 2 saturated heterocycles. The van der Waals surface area contributed by atoms with Gasteiger partial charge in [-0.3, -0.25) is 14.7 Å². The van der Waals surface area contributed by atoms with Crippen LogP contribution in [0.4, 0.5) is 0 Å². The zero-order chi connectivity index (χ0) is 25.4. The fraction of sp³-hybridized carbons (Fsp3) is 0.630. The lowest BCUT2D eigenvalue weighted by molar-refractivity contribution is -0.0720. The molecule has 1 saturated carbocycles. The molecule has 4 heterocycles. The number of carbonyl (C=O) groups excluding carboxylic acids is 1. The molecule has 6 rings (SSSR count). The zero-order valence-electron chi connectivity index (χ0n) is 21.1. The minimum absolute atomic E-state index is 0.0219. The molecule has 194 valence electrons. The number of benzene rings is 1. The van der Waals surface area contributed by atoms with Gasteiger partial charge >= 0.3 is 0 Å². The molecule has 1 aromatic heterocycles. The minimum atomic E-state index is -1.02. The normalized spacial score (nSPS) is 33.7. The number of piperidine rings is 1. The number of hydrogen-bond acceptors (Lipinski definition) is 8. The summed E-state index contributed by atoms with van der Waals surface area (Å²) in [5, 5.41) is 26.1. The molecule has 9 nitrogen and oxygen atoms in total. The highest BCUT2D eigenvalue weighted by Gasteiger charge is 2.83. The van der Waals surface area contributed by atoms with Crippen molar-refractivity contribution in [2.45, 2.75) is 73.9 Å². The van der Waals surface area contributed by atoms with Crippen LogP contribution in [0.25, 0.3) is 10.9 Å². The van der Waals surface area contributed by atoms with Gasteiger partial charge in [0.25, 0.3) is 5.91 Å². The fourth-order valence-electron chi connectivity index (χ4n) is 7.69. The highest BCUT2D eigenvalue weighted by Crippen LogP contribution is 2.73. The van der Waals surface area contributed by atoms with E-state index in [0.29, 0.717) is 25.1 Å². The number of carbonyl (C=O) groups is 1. The molecule has 2 aromatic rings. The van der Waals surface area contributed by atoms with Gasteiger partial charge in [-0.05, 0) is 49.9 Å². The quantitative estimate of drug-likeness (QED) is 0.425. The third-order valence-corrected chi connectivity index (χ3v) is 9.60. The Kier molecular flexibility index (Phi) is 5.59. The van der Waals surface area contributed by atoms with E-state index in [1.54, 1.807) is 14.2 Å². The molecule has 8 atom stereocenters. The van der Waals surface area contributed by atoms with Crippen LogP contribution in [0.15, 0.2) is 24.3 Å². The molecular formula is C27H36N4O5. The fourth-order valence-corrected chi connectivity index (χ4v) is 7.69.